The molecule has 2 aliphatic carbocycles. The second-order valence-corrected chi connectivity index (χ2v) is 22.6. The van der Waals surface area contributed by atoms with Crippen LogP contribution >= 0.6 is 11.3 Å². The number of carbonyl (C=O) groups excluding carboxylic acids is 4. The first-order valence-electron chi connectivity index (χ1n) is 23.9. The van der Waals surface area contributed by atoms with Crippen molar-refractivity contribution in [2.24, 2.45) is 5.92 Å². The van der Waals surface area contributed by atoms with Crippen molar-refractivity contribution in [2.75, 3.05) is 45.2 Å². The Bertz CT molecular complexity index is 2750. The van der Waals surface area contributed by atoms with E-state index in [0.29, 0.717) is 92.2 Å². The van der Waals surface area contributed by atoms with E-state index in [4.69, 9.17) is 19.4 Å². The van der Waals surface area contributed by atoms with E-state index in [-0.39, 0.29) is 37.1 Å². The molecule has 16 nitrogen and oxygen atoms in total. The number of benzene rings is 2. The van der Waals surface area contributed by atoms with Gasteiger partial charge in [0.05, 0.1) is 29.6 Å². The van der Waals surface area contributed by atoms with Crippen molar-refractivity contribution in [1.82, 2.24) is 35.1 Å². The summed E-state index contributed by atoms with van der Waals surface area (Å²) in [6, 6.07) is 10.9. The molecule has 4 amide bonds. The Balaban J connectivity index is 1.06. The zero-order chi connectivity index (χ0) is 48.0. The van der Waals surface area contributed by atoms with Crippen molar-refractivity contribution >= 4 is 61.6 Å². The summed E-state index contributed by atoms with van der Waals surface area (Å²) in [7, 11) is -2.41. The fourth-order valence-corrected chi connectivity index (χ4v) is 11.8. The van der Waals surface area contributed by atoms with Gasteiger partial charge >= 0.3 is 0 Å². The van der Waals surface area contributed by atoms with Crippen molar-refractivity contribution in [3.63, 3.8) is 0 Å². The maximum Gasteiger partial charge on any atom is 0.259 e. The zero-order valence-electron chi connectivity index (χ0n) is 39.4. The number of fused-ring (bicyclic) bond motifs is 3. The number of anilines is 1. The number of nitrogens with one attached hydrogen (secondary N) is 4. The molecule has 4 fully saturated rings. The van der Waals surface area contributed by atoms with Crippen LogP contribution in [0.3, 0.4) is 0 Å². The molecule has 5 aliphatic rings. The number of pyridine rings is 1. The number of methoxy groups -OCH3 is 1. The number of hydrogen-bond acceptors (Lipinski definition) is 13. The van der Waals surface area contributed by atoms with Crippen molar-refractivity contribution in [3.8, 4) is 22.2 Å². The van der Waals surface area contributed by atoms with E-state index in [1.165, 1.54) is 11.3 Å². The van der Waals surface area contributed by atoms with Crippen LogP contribution < -0.4 is 30.1 Å². The maximum atomic E-state index is 15.3. The van der Waals surface area contributed by atoms with Gasteiger partial charge in [-0.25, -0.2) is 18.4 Å². The fraction of sp³-hybridized carbons (Fsp3) is 0.520. The number of sulfonamides is 1. The van der Waals surface area contributed by atoms with Gasteiger partial charge in [-0.3, -0.25) is 23.9 Å². The topological polar surface area (TPSA) is 201 Å². The third kappa shape index (κ3) is 9.55. The predicted molar refractivity (Wildman–Crippen MR) is 261 cm³/mol. The summed E-state index contributed by atoms with van der Waals surface area (Å²) in [5.41, 5.74) is 2.62. The number of allylic oxidation sites excluding steroid dienone is 1. The Hall–Kier alpha value is -5.59. The van der Waals surface area contributed by atoms with Crippen molar-refractivity contribution in [2.45, 2.75) is 120 Å². The van der Waals surface area contributed by atoms with Crippen LogP contribution in [0.25, 0.3) is 21.6 Å². The molecule has 2 saturated carbocycles. The lowest BCUT2D eigenvalue weighted by Crippen LogP contribution is -2.58. The molecule has 0 spiro atoms. The van der Waals surface area contributed by atoms with Crippen molar-refractivity contribution in [1.29, 1.82) is 0 Å². The number of rotatable bonds is 11. The SMILES string of the molecule is COc1ccc2c(O[C@@H]3C[C@H]4C(=O)N[C@]5(C(=O)NS(=O)(=O)C6(C)CC6)C[C@H]5/C=C\CCCCC[C@H](Nc5cccc(C(=O)N6CCNCC6)c5)C(=O)N4C3)cc(-c3nc(C(C)C)cs3)nc2c1C. The number of piperazine rings is 1. The fourth-order valence-electron chi connectivity index (χ4n) is 9.60. The second kappa shape index (κ2) is 19.1. The Morgan fingerprint density at radius 1 is 1.01 bits per heavy atom. The molecule has 2 aromatic carbocycles. The van der Waals surface area contributed by atoms with Gasteiger partial charge in [0.1, 0.15) is 45.9 Å². The molecule has 68 heavy (non-hydrogen) atoms. The highest BCUT2D eigenvalue weighted by Gasteiger charge is 2.63. The number of nitrogens with zero attached hydrogens (tertiary/aromatic N) is 4. The van der Waals surface area contributed by atoms with Gasteiger partial charge in [0.2, 0.25) is 21.8 Å². The van der Waals surface area contributed by atoms with Crippen LogP contribution in [-0.2, 0) is 24.4 Å². The number of hydrogen-bond donors (Lipinski definition) is 4. The molecule has 4 aromatic rings. The average Bonchev–Trinajstić information content (AvgIpc) is 4.10. The minimum Gasteiger partial charge on any atom is -0.496 e. The summed E-state index contributed by atoms with van der Waals surface area (Å²) in [5, 5.41) is 13.2. The summed E-state index contributed by atoms with van der Waals surface area (Å²) in [6.07, 6.45) is 7.90. The Morgan fingerprint density at radius 2 is 1.81 bits per heavy atom. The monoisotopic (exact) mass is 966 g/mol. The van der Waals surface area contributed by atoms with E-state index in [1.807, 2.05) is 53.6 Å². The second-order valence-electron chi connectivity index (χ2n) is 19.6. The molecule has 0 unspecified atom stereocenters. The molecule has 362 valence electrons. The highest BCUT2D eigenvalue weighted by atomic mass is 32.2. The third-order valence-corrected chi connectivity index (χ3v) is 17.4. The molecular weight excluding hydrogens is 905 g/mol. The van der Waals surface area contributed by atoms with Gasteiger partial charge in [-0.2, -0.15) is 0 Å². The summed E-state index contributed by atoms with van der Waals surface area (Å²) < 4.78 is 40.7. The lowest BCUT2D eigenvalue weighted by atomic mass is 10.0. The molecule has 0 radical (unpaired) electrons. The lowest BCUT2D eigenvalue weighted by Gasteiger charge is -2.30. The number of amides is 4. The van der Waals surface area contributed by atoms with Gasteiger partial charge in [0.15, 0.2) is 0 Å². The van der Waals surface area contributed by atoms with E-state index < -0.39 is 56.2 Å². The highest BCUT2D eigenvalue weighted by molar-refractivity contribution is 7.91. The van der Waals surface area contributed by atoms with Crippen LogP contribution in [0.15, 0.2) is 60.0 Å². The summed E-state index contributed by atoms with van der Waals surface area (Å²) in [6.45, 7) is 10.4. The normalized spacial score (nSPS) is 25.6. The van der Waals surface area contributed by atoms with E-state index in [9.17, 15) is 22.8 Å². The largest absolute Gasteiger partial charge is 0.496 e. The first kappa shape index (κ1) is 47.5. The summed E-state index contributed by atoms with van der Waals surface area (Å²) in [4.78, 5) is 71.3. The first-order valence-corrected chi connectivity index (χ1v) is 26.3. The van der Waals surface area contributed by atoms with E-state index >= 15 is 4.79 Å². The van der Waals surface area contributed by atoms with Gasteiger partial charge in [0.25, 0.3) is 11.8 Å². The Kier molecular flexibility index (Phi) is 13.3. The molecule has 2 saturated heterocycles. The van der Waals surface area contributed by atoms with Crippen molar-refractivity contribution in [3.05, 3.63) is 76.8 Å². The number of carbonyl (C=O) groups is 4. The minimum atomic E-state index is -4.02. The number of aryl methyl sites for hydroxylation is 1. The van der Waals surface area contributed by atoms with E-state index in [0.717, 1.165) is 34.5 Å². The van der Waals surface area contributed by atoms with Crippen LogP contribution in [0, 0.1) is 12.8 Å². The smallest absolute Gasteiger partial charge is 0.259 e. The lowest BCUT2D eigenvalue weighted by molar-refractivity contribution is -0.140. The third-order valence-electron chi connectivity index (χ3n) is 14.3. The standard InChI is InChI=1S/C50H62N8O8S2/c1-30(2)39-29-67-45(54-39)38-26-42(36-16-17-41(65-5)31(3)43(36)53-38)66-35-25-40-44(59)55-50(48(62)56-68(63,64)49(4)18-19-49)27-33(50)13-9-7-6-8-10-15-37(47(61)58(40)28-35)52-34-14-11-12-32(24-34)46(60)57-22-20-51-21-23-57/h9,11-14,16-17,24,26,29-30,33,35,37,40,51-52H,6-8,10,15,18-23,25,27-28H2,1-5H3,(H,55,59)(H,56,62)/b13-9-/t33-,35-,37+,40+,50-/m1/s1. The average molecular weight is 967 g/mol. The minimum absolute atomic E-state index is 0.0366. The van der Waals surface area contributed by atoms with Gasteiger partial charge in [-0.15, -0.1) is 11.3 Å². The molecule has 0 bridgehead atoms. The molecule has 5 heterocycles. The van der Waals surface area contributed by atoms with Crippen LogP contribution in [0.1, 0.15) is 106 Å². The first-order chi connectivity index (χ1) is 32.6. The predicted octanol–water partition coefficient (Wildman–Crippen LogP) is 6.07. The Labute approximate surface area is 402 Å². The molecule has 4 N–H and O–H groups in total. The number of aromatic nitrogens is 2. The molecule has 18 heteroatoms. The number of thiazole rings is 1. The van der Waals surface area contributed by atoms with Gasteiger partial charge in [-0.1, -0.05) is 44.9 Å². The molecule has 5 atom stereocenters. The van der Waals surface area contributed by atoms with Crippen LogP contribution in [-0.4, -0.2) is 120 Å². The zero-order valence-corrected chi connectivity index (χ0v) is 41.1. The summed E-state index contributed by atoms with van der Waals surface area (Å²) >= 11 is 1.49. The number of ether oxygens (including phenoxy) is 2. The van der Waals surface area contributed by atoms with Crippen LogP contribution in [0.5, 0.6) is 11.5 Å². The molecular formula is C50H62N8O8S2. The van der Waals surface area contributed by atoms with Gasteiger partial charge < -0.3 is 35.2 Å². The summed E-state index contributed by atoms with van der Waals surface area (Å²) in [5.74, 6) is -0.834. The van der Waals surface area contributed by atoms with E-state index in [1.54, 1.807) is 37.1 Å². The van der Waals surface area contributed by atoms with E-state index in [2.05, 4.69) is 34.5 Å². The van der Waals surface area contributed by atoms with Crippen molar-refractivity contribution < 1.29 is 37.1 Å². The molecule has 9 rings (SSSR count). The maximum absolute atomic E-state index is 15.3. The van der Waals surface area contributed by atoms with Gasteiger partial charge in [-0.05, 0) is 88.6 Å². The molecule has 2 aromatic heterocycles. The highest BCUT2D eigenvalue weighted by Crippen LogP contribution is 2.48. The quantitative estimate of drug-likeness (QED) is 0.127. The van der Waals surface area contributed by atoms with Crippen LogP contribution in [0.4, 0.5) is 5.69 Å². The molecule has 3 aliphatic heterocycles. The van der Waals surface area contributed by atoms with Gasteiger partial charge in [0, 0.05) is 72.2 Å². The van der Waals surface area contributed by atoms with Crippen LogP contribution in [0.2, 0.25) is 0 Å². The Morgan fingerprint density at radius 3 is 2.54 bits per heavy atom.